The molecule has 0 unspecified atom stereocenters. The van der Waals surface area contributed by atoms with E-state index < -0.39 is 0 Å². The summed E-state index contributed by atoms with van der Waals surface area (Å²) < 4.78 is 0. The van der Waals surface area contributed by atoms with Crippen molar-refractivity contribution < 1.29 is 4.79 Å². The average molecular weight is 224 g/mol. The number of hydrogen-bond acceptors (Lipinski definition) is 2. The molecule has 0 radical (unpaired) electrons. The fourth-order valence-electron chi connectivity index (χ4n) is 3.18. The number of piperidine rings is 1. The second-order valence-electron chi connectivity index (χ2n) is 5.33. The number of carbonyl (C=O) groups is 1. The fraction of sp³-hybridized carbons (Fsp3) is 0.923. The summed E-state index contributed by atoms with van der Waals surface area (Å²) >= 11 is 0. The van der Waals surface area contributed by atoms with Gasteiger partial charge in [-0.25, -0.2) is 0 Å². The van der Waals surface area contributed by atoms with Crippen molar-refractivity contribution in [2.45, 2.75) is 57.0 Å². The van der Waals surface area contributed by atoms with Crippen molar-refractivity contribution in [3.63, 3.8) is 0 Å². The van der Waals surface area contributed by atoms with Crippen molar-refractivity contribution in [1.82, 2.24) is 9.80 Å². The summed E-state index contributed by atoms with van der Waals surface area (Å²) in [4.78, 5) is 15.2. The van der Waals surface area contributed by atoms with Crippen LogP contribution in [-0.4, -0.2) is 48.4 Å². The van der Waals surface area contributed by atoms with Crippen LogP contribution in [0.5, 0.6) is 0 Å². The Bertz CT molecular complexity index is 218. The Morgan fingerprint density at radius 2 is 1.56 bits per heavy atom. The molecule has 92 valence electrons. The summed E-state index contributed by atoms with van der Waals surface area (Å²) in [5, 5.41) is 0. The molecule has 1 amide bonds. The van der Waals surface area contributed by atoms with Crippen LogP contribution in [0.2, 0.25) is 0 Å². The molecule has 1 saturated heterocycles. The van der Waals surface area contributed by atoms with Crippen LogP contribution in [-0.2, 0) is 4.79 Å². The van der Waals surface area contributed by atoms with Crippen LogP contribution >= 0.6 is 0 Å². The van der Waals surface area contributed by atoms with E-state index in [0.29, 0.717) is 6.04 Å². The fourth-order valence-corrected chi connectivity index (χ4v) is 3.18. The van der Waals surface area contributed by atoms with Gasteiger partial charge >= 0.3 is 0 Å². The van der Waals surface area contributed by atoms with Crippen molar-refractivity contribution in [2.24, 2.45) is 0 Å². The molecule has 1 heterocycles. The van der Waals surface area contributed by atoms with E-state index >= 15 is 0 Å². The summed E-state index contributed by atoms with van der Waals surface area (Å²) in [6, 6.07) is 1.51. The molecule has 0 aromatic heterocycles. The summed E-state index contributed by atoms with van der Waals surface area (Å²) in [5.74, 6) is 0. The molecular formula is C13H24N2O. The molecule has 0 atom stereocenters. The normalized spacial score (nSPS) is 25.0. The Morgan fingerprint density at radius 1 is 1.00 bits per heavy atom. The Kier molecular flexibility index (Phi) is 4.22. The third-order valence-electron chi connectivity index (χ3n) is 4.37. The van der Waals surface area contributed by atoms with Gasteiger partial charge in [-0.3, -0.25) is 4.79 Å². The molecule has 2 aliphatic rings. The number of hydrogen-bond donors (Lipinski definition) is 0. The summed E-state index contributed by atoms with van der Waals surface area (Å²) in [7, 11) is 2.29. The second kappa shape index (κ2) is 5.67. The van der Waals surface area contributed by atoms with Crippen molar-refractivity contribution in [2.75, 3.05) is 20.1 Å². The predicted molar refractivity (Wildman–Crippen MR) is 65.3 cm³/mol. The molecular weight excluding hydrogens is 200 g/mol. The Hall–Kier alpha value is -0.570. The Labute approximate surface area is 98.8 Å². The van der Waals surface area contributed by atoms with E-state index in [0.717, 1.165) is 38.4 Å². The average Bonchev–Trinajstić information content (AvgIpc) is 2.39. The maximum atomic E-state index is 10.7. The lowest BCUT2D eigenvalue weighted by atomic mass is 9.92. The molecule has 0 bridgehead atoms. The highest BCUT2D eigenvalue weighted by molar-refractivity contribution is 5.47. The SMILES string of the molecule is CN(C1CCCCC1)C1CCN(C=O)CC1. The minimum absolute atomic E-state index is 0.708. The van der Waals surface area contributed by atoms with Crippen LogP contribution in [0.4, 0.5) is 0 Å². The number of rotatable bonds is 3. The highest BCUT2D eigenvalue weighted by Gasteiger charge is 2.27. The van der Waals surface area contributed by atoms with Crippen LogP contribution in [0.15, 0.2) is 0 Å². The summed E-state index contributed by atoms with van der Waals surface area (Å²) in [6.45, 7) is 1.90. The quantitative estimate of drug-likeness (QED) is 0.683. The third-order valence-corrected chi connectivity index (χ3v) is 4.37. The van der Waals surface area contributed by atoms with Crippen molar-refractivity contribution in [3.8, 4) is 0 Å². The standard InChI is InChI=1S/C13H24N2O/c1-14(12-5-3-2-4-6-12)13-7-9-15(11-16)10-8-13/h11-13H,2-10H2,1H3. The van der Waals surface area contributed by atoms with Gasteiger partial charge in [0.15, 0.2) is 0 Å². The van der Waals surface area contributed by atoms with Crippen molar-refractivity contribution in [3.05, 3.63) is 0 Å². The van der Waals surface area contributed by atoms with Crippen LogP contribution < -0.4 is 0 Å². The van der Waals surface area contributed by atoms with Gasteiger partial charge in [0.05, 0.1) is 0 Å². The highest BCUT2D eigenvalue weighted by atomic mass is 16.1. The smallest absolute Gasteiger partial charge is 0.209 e. The number of likely N-dealkylation sites (tertiary alicyclic amines) is 1. The third kappa shape index (κ3) is 2.76. The molecule has 1 saturated carbocycles. The molecule has 0 spiro atoms. The minimum Gasteiger partial charge on any atom is -0.345 e. The largest absolute Gasteiger partial charge is 0.345 e. The van der Waals surface area contributed by atoms with Crippen molar-refractivity contribution >= 4 is 6.41 Å². The zero-order valence-electron chi connectivity index (χ0n) is 10.4. The zero-order chi connectivity index (χ0) is 11.4. The molecule has 1 aliphatic carbocycles. The van der Waals surface area contributed by atoms with E-state index in [1.807, 2.05) is 4.90 Å². The lowest BCUT2D eigenvalue weighted by Crippen LogP contribution is -2.47. The Morgan fingerprint density at radius 3 is 2.12 bits per heavy atom. The molecule has 2 fully saturated rings. The second-order valence-corrected chi connectivity index (χ2v) is 5.33. The van der Waals surface area contributed by atoms with Gasteiger partial charge in [-0.2, -0.15) is 0 Å². The van der Waals surface area contributed by atoms with Gasteiger partial charge in [0.25, 0.3) is 0 Å². The summed E-state index contributed by atoms with van der Waals surface area (Å²) in [6.07, 6.45) is 10.3. The van der Waals surface area contributed by atoms with Gasteiger partial charge in [-0.15, -0.1) is 0 Å². The molecule has 16 heavy (non-hydrogen) atoms. The van der Waals surface area contributed by atoms with Crippen LogP contribution in [0.3, 0.4) is 0 Å². The zero-order valence-corrected chi connectivity index (χ0v) is 10.4. The van der Waals surface area contributed by atoms with Crippen molar-refractivity contribution in [1.29, 1.82) is 0 Å². The first-order valence-corrected chi connectivity index (χ1v) is 6.72. The van der Waals surface area contributed by atoms with E-state index in [2.05, 4.69) is 11.9 Å². The predicted octanol–water partition coefficient (Wildman–Crippen LogP) is 1.87. The molecule has 0 N–H and O–H groups in total. The van der Waals surface area contributed by atoms with Crippen LogP contribution in [0.25, 0.3) is 0 Å². The van der Waals surface area contributed by atoms with E-state index in [4.69, 9.17) is 0 Å². The molecule has 3 heteroatoms. The molecule has 2 rings (SSSR count). The Balaban J connectivity index is 1.80. The van der Waals surface area contributed by atoms with Gasteiger partial charge < -0.3 is 9.80 Å². The monoisotopic (exact) mass is 224 g/mol. The lowest BCUT2D eigenvalue weighted by molar-refractivity contribution is -0.119. The van der Waals surface area contributed by atoms with Crippen LogP contribution in [0.1, 0.15) is 44.9 Å². The van der Waals surface area contributed by atoms with Gasteiger partial charge in [-0.05, 0) is 32.7 Å². The van der Waals surface area contributed by atoms with E-state index in [9.17, 15) is 4.79 Å². The topological polar surface area (TPSA) is 23.6 Å². The van der Waals surface area contributed by atoms with Gasteiger partial charge in [0, 0.05) is 25.2 Å². The van der Waals surface area contributed by atoms with Gasteiger partial charge in [0.2, 0.25) is 6.41 Å². The first kappa shape index (κ1) is 11.9. The number of nitrogens with zero attached hydrogens (tertiary/aromatic N) is 2. The molecule has 0 aromatic rings. The van der Waals surface area contributed by atoms with Gasteiger partial charge in [-0.1, -0.05) is 19.3 Å². The first-order valence-electron chi connectivity index (χ1n) is 6.72. The molecule has 1 aliphatic heterocycles. The minimum atomic E-state index is 0.708. The number of carbonyl (C=O) groups excluding carboxylic acids is 1. The maximum absolute atomic E-state index is 10.7. The summed E-state index contributed by atoms with van der Waals surface area (Å²) in [5.41, 5.74) is 0. The first-order chi connectivity index (χ1) is 7.81. The molecule has 0 aromatic carbocycles. The van der Waals surface area contributed by atoms with E-state index in [1.54, 1.807) is 0 Å². The number of amides is 1. The van der Waals surface area contributed by atoms with E-state index in [-0.39, 0.29) is 0 Å². The maximum Gasteiger partial charge on any atom is 0.209 e. The van der Waals surface area contributed by atoms with E-state index in [1.165, 1.54) is 32.1 Å². The van der Waals surface area contributed by atoms with Gasteiger partial charge in [0.1, 0.15) is 0 Å². The highest BCUT2D eigenvalue weighted by Crippen LogP contribution is 2.25. The molecule has 3 nitrogen and oxygen atoms in total. The van der Waals surface area contributed by atoms with Crippen LogP contribution in [0, 0.1) is 0 Å². The lowest BCUT2D eigenvalue weighted by Gasteiger charge is -2.40.